The number of benzene rings is 1. The molecule has 0 radical (unpaired) electrons. The maximum absolute atomic E-state index is 11.6. The number of rotatable bonds is 6. The molecule has 0 fully saturated rings. The van der Waals surface area contributed by atoms with E-state index >= 15 is 0 Å². The summed E-state index contributed by atoms with van der Waals surface area (Å²) in [5.74, 6) is 0.297. The van der Waals surface area contributed by atoms with Gasteiger partial charge in [0, 0.05) is 25.0 Å². The summed E-state index contributed by atoms with van der Waals surface area (Å²) in [7, 11) is 1.59. The number of likely N-dealkylation sites (N-methyl/N-ethyl adjacent to an activating group) is 1. The van der Waals surface area contributed by atoms with Crippen LogP contribution in [0.3, 0.4) is 0 Å². The average molecular weight is 269 g/mol. The third-order valence-corrected chi connectivity index (χ3v) is 2.73. The lowest BCUT2D eigenvalue weighted by Crippen LogP contribution is -2.21. The third-order valence-electron chi connectivity index (χ3n) is 2.46. The van der Waals surface area contributed by atoms with Crippen molar-refractivity contribution in [1.29, 1.82) is 0 Å². The number of hydrogen-bond acceptors (Lipinski definition) is 2. The molecule has 18 heavy (non-hydrogen) atoms. The molecule has 1 aromatic carbocycles. The zero-order valence-corrected chi connectivity index (χ0v) is 11.1. The molecule has 0 aliphatic carbocycles. The van der Waals surface area contributed by atoms with Gasteiger partial charge in [-0.1, -0.05) is 18.2 Å². The summed E-state index contributed by atoms with van der Waals surface area (Å²) in [6.07, 6.45) is 1.28. The number of hydrogen-bond donors (Lipinski definition) is 2. The molecule has 5 heteroatoms. The van der Waals surface area contributed by atoms with Gasteiger partial charge in [-0.15, -0.1) is 11.6 Å². The number of alkyl halides is 1. The van der Waals surface area contributed by atoms with Crippen LogP contribution in [0.4, 0.5) is 5.69 Å². The molecule has 0 heterocycles. The molecule has 1 rings (SSSR count). The zero-order valence-electron chi connectivity index (χ0n) is 10.3. The van der Waals surface area contributed by atoms with E-state index in [0.717, 1.165) is 5.56 Å². The summed E-state index contributed by atoms with van der Waals surface area (Å²) in [5.41, 5.74) is 1.48. The molecule has 2 amide bonds. The number of nitrogens with one attached hydrogen (secondary N) is 2. The van der Waals surface area contributed by atoms with Crippen molar-refractivity contribution in [2.24, 2.45) is 0 Å². The molecule has 0 atom stereocenters. The van der Waals surface area contributed by atoms with Crippen molar-refractivity contribution in [2.45, 2.75) is 19.3 Å². The summed E-state index contributed by atoms with van der Waals surface area (Å²) in [4.78, 5) is 23.0. The fourth-order valence-corrected chi connectivity index (χ4v) is 1.63. The Morgan fingerprint density at radius 3 is 2.61 bits per heavy atom. The average Bonchev–Trinajstić information content (AvgIpc) is 2.38. The number of para-hydroxylation sites is 1. The van der Waals surface area contributed by atoms with Gasteiger partial charge in [0.1, 0.15) is 0 Å². The first kappa shape index (κ1) is 14.5. The molecular weight excluding hydrogens is 252 g/mol. The maximum Gasteiger partial charge on any atom is 0.224 e. The molecular formula is C13H17ClN2O2. The van der Waals surface area contributed by atoms with E-state index in [9.17, 15) is 9.59 Å². The first-order valence-electron chi connectivity index (χ1n) is 5.81. The second-order valence-corrected chi connectivity index (χ2v) is 4.23. The Labute approximate surface area is 112 Å². The molecule has 0 bridgehead atoms. The minimum absolute atomic E-state index is 0.0833. The zero-order chi connectivity index (χ0) is 13.4. The largest absolute Gasteiger partial charge is 0.359 e. The molecule has 0 saturated heterocycles. The topological polar surface area (TPSA) is 58.2 Å². The monoisotopic (exact) mass is 268 g/mol. The van der Waals surface area contributed by atoms with Gasteiger partial charge in [0.05, 0.1) is 6.42 Å². The van der Waals surface area contributed by atoms with Gasteiger partial charge in [0.15, 0.2) is 0 Å². The second-order valence-electron chi connectivity index (χ2n) is 3.85. The Kier molecular flexibility index (Phi) is 6.22. The first-order chi connectivity index (χ1) is 8.67. The highest BCUT2D eigenvalue weighted by Gasteiger charge is 2.08. The van der Waals surface area contributed by atoms with E-state index < -0.39 is 0 Å². The second kappa shape index (κ2) is 7.71. The summed E-state index contributed by atoms with van der Waals surface area (Å²) in [6, 6.07) is 7.28. The van der Waals surface area contributed by atoms with Crippen molar-refractivity contribution in [1.82, 2.24) is 5.32 Å². The van der Waals surface area contributed by atoms with Crippen LogP contribution in [0.2, 0.25) is 0 Å². The van der Waals surface area contributed by atoms with Gasteiger partial charge in [-0.25, -0.2) is 0 Å². The van der Waals surface area contributed by atoms with Crippen molar-refractivity contribution in [3.05, 3.63) is 29.8 Å². The maximum atomic E-state index is 11.6. The Hall–Kier alpha value is -1.55. The summed E-state index contributed by atoms with van der Waals surface area (Å²) in [5, 5.41) is 5.36. The van der Waals surface area contributed by atoms with E-state index in [1.807, 2.05) is 18.2 Å². The van der Waals surface area contributed by atoms with Gasteiger partial charge >= 0.3 is 0 Å². The van der Waals surface area contributed by atoms with Crippen LogP contribution in [-0.4, -0.2) is 24.7 Å². The van der Waals surface area contributed by atoms with E-state index in [2.05, 4.69) is 10.6 Å². The Morgan fingerprint density at radius 2 is 1.94 bits per heavy atom. The molecule has 0 aromatic heterocycles. The number of carbonyl (C=O) groups is 2. The van der Waals surface area contributed by atoms with Gasteiger partial charge in [-0.2, -0.15) is 0 Å². The summed E-state index contributed by atoms with van der Waals surface area (Å²) >= 11 is 5.53. The van der Waals surface area contributed by atoms with Gasteiger partial charge < -0.3 is 10.6 Å². The number of halogens is 1. The summed E-state index contributed by atoms with van der Waals surface area (Å²) < 4.78 is 0. The number of anilines is 1. The van der Waals surface area contributed by atoms with Gasteiger partial charge in [0.25, 0.3) is 0 Å². The van der Waals surface area contributed by atoms with Crippen LogP contribution in [0.1, 0.15) is 18.4 Å². The molecule has 0 aliphatic heterocycles. The third kappa shape index (κ3) is 4.75. The van der Waals surface area contributed by atoms with Crippen molar-refractivity contribution >= 4 is 29.1 Å². The Morgan fingerprint density at radius 1 is 1.22 bits per heavy atom. The highest BCUT2D eigenvalue weighted by molar-refractivity contribution is 6.18. The predicted octanol–water partition coefficient (Wildman–Crippen LogP) is 1.93. The van der Waals surface area contributed by atoms with Crippen LogP contribution < -0.4 is 10.6 Å². The first-order valence-corrected chi connectivity index (χ1v) is 6.35. The Bertz CT molecular complexity index is 421. The van der Waals surface area contributed by atoms with Crippen LogP contribution in [0.25, 0.3) is 0 Å². The fourth-order valence-electron chi connectivity index (χ4n) is 1.50. The van der Waals surface area contributed by atoms with Crippen molar-refractivity contribution in [3.8, 4) is 0 Å². The highest BCUT2D eigenvalue weighted by atomic mass is 35.5. The summed E-state index contributed by atoms with van der Waals surface area (Å²) in [6.45, 7) is 0. The smallest absolute Gasteiger partial charge is 0.224 e. The van der Waals surface area contributed by atoms with E-state index in [0.29, 0.717) is 24.4 Å². The number of amides is 2. The minimum Gasteiger partial charge on any atom is -0.359 e. The van der Waals surface area contributed by atoms with Crippen LogP contribution >= 0.6 is 11.6 Å². The predicted molar refractivity (Wildman–Crippen MR) is 72.8 cm³/mol. The molecule has 98 valence electrons. The fraction of sp³-hybridized carbons (Fsp3) is 0.385. The van der Waals surface area contributed by atoms with E-state index in [1.54, 1.807) is 13.1 Å². The van der Waals surface area contributed by atoms with Crippen molar-refractivity contribution in [2.75, 3.05) is 18.2 Å². The number of carbonyl (C=O) groups excluding carboxylic acids is 2. The lowest BCUT2D eigenvalue weighted by molar-refractivity contribution is -0.120. The lowest BCUT2D eigenvalue weighted by atomic mass is 10.1. The minimum atomic E-state index is -0.0857. The van der Waals surface area contributed by atoms with Gasteiger partial charge in [-0.05, 0) is 18.1 Å². The lowest BCUT2D eigenvalue weighted by Gasteiger charge is -2.10. The van der Waals surface area contributed by atoms with Crippen LogP contribution in [-0.2, 0) is 16.0 Å². The van der Waals surface area contributed by atoms with E-state index in [4.69, 9.17) is 11.6 Å². The normalized spacial score (nSPS) is 9.89. The van der Waals surface area contributed by atoms with Gasteiger partial charge in [0.2, 0.25) is 11.8 Å². The van der Waals surface area contributed by atoms with Gasteiger partial charge in [-0.3, -0.25) is 9.59 Å². The molecule has 0 aliphatic rings. The Balaban J connectivity index is 2.69. The molecule has 0 unspecified atom stereocenters. The molecule has 2 N–H and O–H groups in total. The standard InChI is InChI=1S/C13H17ClN2O2/c1-15-13(18)9-10-5-2-3-6-11(10)16-12(17)7-4-8-14/h2-3,5-6H,4,7-9H2,1H3,(H,15,18)(H,16,17). The van der Waals surface area contributed by atoms with Crippen LogP contribution in [0.15, 0.2) is 24.3 Å². The van der Waals surface area contributed by atoms with E-state index in [-0.39, 0.29) is 18.2 Å². The SMILES string of the molecule is CNC(=O)Cc1ccccc1NC(=O)CCCCl. The van der Waals surface area contributed by atoms with Crippen molar-refractivity contribution in [3.63, 3.8) is 0 Å². The molecule has 1 aromatic rings. The highest BCUT2D eigenvalue weighted by Crippen LogP contribution is 2.16. The van der Waals surface area contributed by atoms with Crippen LogP contribution in [0, 0.1) is 0 Å². The molecule has 4 nitrogen and oxygen atoms in total. The van der Waals surface area contributed by atoms with E-state index in [1.165, 1.54) is 0 Å². The van der Waals surface area contributed by atoms with Crippen molar-refractivity contribution < 1.29 is 9.59 Å². The molecule has 0 spiro atoms. The quantitative estimate of drug-likeness (QED) is 0.775. The molecule has 0 saturated carbocycles. The van der Waals surface area contributed by atoms with Crippen LogP contribution in [0.5, 0.6) is 0 Å².